The summed E-state index contributed by atoms with van der Waals surface area (Å²) in [7, 11) is 0. The summed E-state index contributed by atoms with van der Waals surface area (Å²) < 4.78 is 13.1. The average Bonchev–Trinajstić information content (AvgIpc) is 3.09. The van der Waals surface area contributed by atoms with Crippen LogP contribution >= 0.6 is 22.9 Å². The number of nitrogens with one attached hydrogen (secondary N) is 1. The molecule has 0 radical (unpaired) electrons. The third kappa shape index (κ3) is 2.15. The Morgan fingerprint density at radius 1 is 1.35 bits per heavy atom. The third-order valence-corrected chi connectivity index (χ3v) is 3.75. The summed E-state index contributed by atoms with van der Waals surface area (Å²) in [5.41, 5.74) is 1.81. The number of aromatic nitrogens is 4. The van der Waals surface area contributed by atoms with Crippen molar-refractivity contribution in [2.75, 3.05) is 0 Å². The number of benzene rings is 1. The molecule has 0 fully saturated rings. The smallest absolute Gasteiger partial charge is 0.192 e. The average molecular weight is 306 g/mol. The number of hydrogen-bond acceptors (Lipinski definition) is 5. The van der Waals surface area contributed by atoms with Gasteiger partial charge < -0.3 is 0 Å². The Bertz CT molecular complexity index is 819. The van der Waals surface area contributed by atoms with Crippen molar-refractivity contribution < 1.29 is 4.39 Å². The van der Waals surface area contributed by atoms with Crippen LogP contribution < -0.4 is 0 Å². The number of halogens is 2. The highest BCUT2D eigenvalue weighted by atomic mass is 35.5. The van der Waals surface area contributed by atoms with Crippen molar-refractivity contribution >= 4 is 22.9 Å². The van der Waals surface area contributed by atoms with E-state index in [9.17, 15) is 4.39 Å². The summed E-state index contributed by atoms with van der Waals surface area (Å²) in [4.78, 5) is 4.37. The normalized spacial score (nSPS) is 10.4. The van der Waals surface area contributed by atoms with E-state index in [-0.39, 0.29) is 10.7 Å². The summed E-state index contributed by atoms with van der Waals surface area (Å²) in [5, 5.41) is 21.4. The van der Waals surface area contributed by atoms with Crippen molar-refractivity contribution in [2.45, 2.75) is 0 Å². The Hall–Kier alpha value is -2.30. The van der Waals surface area contributed by atoms with Gasteiger partial charge in [-0.2, -0.15) is 15.6 Å². The fraction of sp³-hybridized carbons (Fsp3) is 0. The summed E-state index contributed by atoms with van der Waals surface area (Å²) in [6, 6.07) is 6.32. The molecule has 0 spiro atoms. The molecule has 8 heteroatoms. The lowest BCUT2D eigenvalue weighted by Gasteiger charge is -1.98. The van der Waals surface area contributed by atoms with Gasteiger partial charge in [0.05, 0.1) is 5.02 Å². The second-order valence-corrected chi connectivity index (χ2v) is 5.06. The van der Waals surface area contributed by atoms with E-state index in [1.807, 2.05) is 6.07 Å². The molecule has 2 aromatic heterocycles. The fourth-order valence-corrected chi connectivity index (χ4v) is 2.61. The number of nitrogens with zero attached hydrogens (tertiary/aromatic N) is 4. The zero-order chi connectivity index (χ0) is 14.1. The van der Waals surface area contributed by atoms with Gasteiger partial charge in [-0.05, 0) is 18.2 Å². The summed E-state index contributed by atoms with van der Waals surface area (Å²) in [5.74, 6) is -0.476. The first-order valence-electron chi connectivity index (χ1n) is 5.41. The molecule has 5 nitrogen and oxygen atoms in total. The van der Waals surface area contributed by atoms with Crippen molar-refractivity contribution in [3.63, 3.8) is 0 Å². The van der Waals surface area contributed by atoms with Gasteiger partial charge in [0.1, 0.15) is 28.3 Å². The van der Waals surface area contributed by atoms with Crippen molar-refractivity contribution in [2.24, 2.45) is 0 Å². The quantitative estimate of drug-likeness (QED) is 0.788. The molecule has 0 atom stereocenters. The SMILES string of the molecule is N#Cc1n[nH]nc1-c1csc(-c2ccc(F)c(Cl)c2)n1. The van der Waals surface area contributed by atoms with Crippen LogP contribution in [-0.4, -0.2) is 20.4 Å². The molecule has 0 bridgehead atoms. The maximum Gasteiger partial charge on any atom is 0.192 e. The summed E-state index contributed by atoms with van der Waals surface area (Å²) >= 11 is 7.10. The molecule has 98 valence electrons. The van der Waals surface area contributed by atoms with Gasteiger partial charge in [-0.25, -0.2) is 9.37 Å². The predicted molar refractivity (Wildman–Crippen MR) is 72.6 cm³/mol. The molecule has 0 saturated carbocycles. The molecule has 0 aliphatic heterocycles. The highest BCUT2D eigenvalue weighted by Crippen LogP contribution is 2.30. The Balaban J connectivity index is 2.02. The van der Waals surface area contributed by atoms with Gasteiger partial charge in [-0.1, -0.05) is 11.6 Å². The number of nitriles is 1. The molecule has 1 N–H and O–H groups in total. The maximum absolute atomic E-state index is 13.1. The van der Waals surface area contributed by atoms with E-state index in [4.69, 9.17) is 16.9 Å². The lowest BCUT2D eigenvalue weighted by molar-refractivity contribution is 0.628. The van der Waals surface area contributed by atoms with Crippen LogP contribution in [0.5, 0.6) is 0 Å². The standard InChI is InChI=1S/C12H5ClFN5S/c13-7-3-6(1-2-8(7)14)12-16-10(5-20-12)11-9(4-15)17-19-18-11/h1-3,5H,(H,17,18,19). The number of rotatable bonds is 2. The largest absolute Gasteiger partial charge is 0.234 e. The van der Waals surface area contributed by atoms with Gasteiger partial charge in [0.25, 0.3) is 0 Å². The third-order valence-electron chi connectivity index (χ3n) is 2.57. The van der Waals surface area contributed by atoms with Crippen LogP contribution in [0.3, 0.4) is 0 Å². The van der Waals surface area contributed by atoms with Gasteiger partial charge in [-0.15, -0.1) is 16.4 Å². The molecular weight excluding hydrogens is 301 g/mol. The van der Waals surface area contributed by atoms with Gasteiger partial charge in [0.2, 0.25) is 0 Å². The number of aromatic amines is 1. The zero-order valence-corrected chi connectivity index (χ0v) is 11.3. The van der Waals surface area contributed by atoms with E-state index in [0.29, 0.717) is 22.0 Å². The van der Waals surface area contributed by atoms with Crippen LogP contribution in [-0.2, 0) is 0 Å². The van der Waals surface area contributed by atoms with Crippen molar-refractivity contribution in [3.8, 4) is 28.0 Å². The minimum atomic E-state index is -0.476. The van der Waals surface area contributed by atoms with E-state index < -0.39 is 5.82 Å². The molecule has 0 aliphatic carbocycles. The Kier molecular flexibility index (Phi) is 3.18. The molecule has 3 aromatic rings. The van der Waals surface area contributed by atoms with Crippen LogP contribution in [0, 0.1) is 17.1 Å². The van der Waals surface area contributed by atoms with Gasteiger partial charge in [0, 0.05) is 10.9 Å². The number of thiazole rings is 1. The molecule has 2 heterocycles. The highest BCUT2D eigenvalue weighted by Gasteiger charge is 2.14. The van der Waals surface area contributed by atoms with E-state index >= 15 is 0 Å². The molecule has 3 rings (SSSR count). The Morgan fingerprint density at radius 3 is 2.95 bits per heavy atom. The topological polar surface area (TPSA) is 78.2 Å². The minimum Gasteiger partial charge on any atom is -0.234 e. The molecule has 0 amide bonds. The van der Waals surface area contributed by atoms with E-state index in [2.05, 4.69) is 20.4 Å². The van der Waals surface area contributed by atoms with Crippen molar-refractivity contribution in [1.29, 1.82) is 5.26 Å². The van der Waals surface area contributed by atoms with Crippen LogP contribution in [0.1, 0.15) is 5.69 Å². The fourth-order valence-electron chi connectivity index (χ4n) is 1.63. The number of H-pyrrole nitrogens is 1. The molecule has 1 aromatic carbocycles. The molecule has 20 heavy (non-hydrogen) atoms. The van der Waals surface area contributed by atoms with Crippen LogP contribution in [0.4, 0.5) is 4.39 Å². The van der Waals surface area contributed by atoms with E-state index in [1.165, 1.54) is 23.5 Å². The molecule has 0 unspecified atom stereocenters. The van der Waals surface area contributed by atoms with Gasteiger partial charge >= 0.3 is 0 Å². The first-order valence-corrected chi connectivity index (χ1v) is 6.67. The predicted octanol–water partition coefficient (Wildman–Crippen LogP) is 3.26. The zero-order valence-electron chi connectivity index (χ0n) is 9.76. The van der Waals surface area contributed by atoms with Crippen LogP contribution in [0.2, 0.25) is 5.02 Å². The lowest BCUT2D eigenvalue weighted by atomic mass is 10.2. The monoisotopic (exact) mass is 305 g/mol. The Labute approximate surface area is 121 Å². The number of hydrogen-bond donors (Lipinski definition) is 1. The molecular formula is C12H5ClFN5S. The summed E-state index contributed by atoms with van der Waals surface area (Å²) in [6.45, 7) is 0. The lowest BCUT2D eigenvalue weighted by Crippen LogP contribution is -1.84. The second kappa shape index (κ2) is 5.00. The Morgan fingerprint density at radius 2 is 2.20 bits per heavy atom. The van der Waals surface area contributed by atoms with E-state index in [0.717, 1.165) is 0 Å². The first kappa shape index (κ1) is 12.7. The molecule has 0 aliphatic rings. The van der Waals surface area contributed by atoms with E-state index in [1.54, 1.807) is 11.4 Å². The highest BCUT2D eigenvalue weighted by molar-refractivity contribution is 7.13. The van der Waals surface area contributed by atoms with Crippen LogP contribution in [0.25, 0.3) is 22.0 Å². The van der Waals surface area contributed by atoms with Crippen molar-refractivity contribution in [3.05, 3.63) is 40.1 Å². The van der Waals surface area contributed by atoms with Crippen molar-refractivity contribution in [1.82, 2.24) is 20.4 Å². The molecule has 0 saturated heterocycles. The first-order chi connectivity index (χ1) is 9.69. The second-order valence-electron chi connectivity index (χ2n) is 3.80. The minimum absolute atomic E-state index is 0.0402. The van der Waals surface area contributed by atoms with Gasteiger partial charge in [-0.3, -0.25) is 0 Å². The summed E-state index contributed by atoms with van der Waals surface area (Å²) in [6.07, 6.45) is 0. The maximum atomic E-state index is 13.1. The van der Waals surface area contributed by atoms with Crippen LogP contribution in [0.15, 0.2) is 23.6 Å². The van der Waals surface area contributed by atoms with Gasteiger partial charge in [0.15, 0.2) is 5.69 Å².